The van der Waals surface area contributed by atoms with Crippen molar-refractivity contribution in [2.24, 2.45) is 0 Å². The quantitative estimate of drug-likeness (QED) is 0.585. The molecule has 29 heavy (non-hydrogen) atoms. The number of carbonyl (C=O) groups excluding carboxylic acids is 1. The van der Waals surface area contributed by atoms with Gasteiger partial charge in [-0.15, -0.1) is 0 Å². The van der Waals surface area contributed by atoms with Gasteiger partial charge in [0.1, 0.15) is 15.9 Å². The Morgan fingerprint density at radius 1 is 1.03 bits per heavy atom. The first-order valence-corrected chi connectivity index (χ1v) is 10.7. The van der Waals surface area contributed by atoms with E-state index in [1.54, 1.807) is 18.2 Å². The number of fused-ring (bicyclic) bond motifs is 1. The van der Waals surface area contributed by atoms with E-state index in [0.717, 1.165) is 6.42 Å². The highest BCUT2D eigenvalue weighted by Crippen LogP contribution is 2.28. The maximum absolute atomic E-state index is 12.3. The van der Waals surface area contributed by atoms with E-state index in [4.69, 9.17) is 4.74 Å². The molecule has 1 atom stereocenters. The summed E-state index contributed by atoms with van der Waals surface area (Å²) in [5.41, 5.74) is 1.62. The molecule has 0 aromatic heterocycles. The van der Waals surface area contributed by atoms with E-state index < -0.39 is 10.1 Å². The zero-order chi connectivity index (χ0) is 21.0. The molecule has 6 nitrogen and oxygen atoms in total. The van der Waals surface area contributed by atoms with Crippen LogP contribution in [0.15, 0.2) is 65.6 Å². The maximum atomic E-state index is 12.3. The Hall–Kier alpha value is -2.90. The standard InChI is InChI=1S/C22H23NO5S/c1-3-15(2)16-10-12-17(13-11-16)28-14-22(24)23-20-8-4-7-19-18(20)6-5-9-21(19)29(25,26)27/h4-13,15H,3,14H2,1-2H3,(H,23,24)(H,25,26,27)/p-1. The fourth-order valence-corrected chi connectivity index (χ4v) is 3.76. The van der Waals surface area contributed by atoms with Crippen molar-refractivity contribution in [3.05, 3.63) is 66.2 Å². The zero-order valence-corrected chi connectivity index (χ0v) is 17.0. The number of benzene rings is 3. The predicted octanol–water partition coefficient (Wildman–Crippen LogP) is 4.27. The van der Waals surface area contributed by atoms with Crippen molar-refractivity contribution in [1.29, 1.82) is 0 Å². The summed E-state index contributed by atoms with van der Waals surface area (Å²) in [6.45, 7) is 4.08. The van der Waals surface area contributed by atoms with Crippen molar-refractivity contribution in [3.63, 3.8) is 0 Å². The summed E-state index contributed by atoms with van der Waals surface area (Å²) in [5.74, 6) is 0.658. The van der Waals surface area contributed by atoms with Gasteiger partial charge in [0.15, 0.2) is 6.61 Å². The fraction of sp³-hybridized carbons (Fsp3) is 0.227. The third-order valence-corrected chi connectivity index (χ3v) is 5.75. The van der Waals surface area contributed by atoms with E-state index in [1.165, 1.54) is 23.8 Å². The molecule has 1 N–H and O–H groups in total. The van der Waals surface area contributed by atoms with Crippen molar-refractivity contribution in [2.45, 2.75) is 31.1 Å². The van der Waals surface area contributed by atoms with Crippen LogP contribution >= 0.6 is 0 Å². The van der Waals surface area contributed by atoms with E-state index in [2.05, 4.69) is 19.2 Å². The Morgan fingerprint density at radius 2 is 1.69 bits per heavy atom. The van der Waals surface area contributed by atoms with Crippen LogP contribution in [0.2, 0.25) is 0 Å². The smallest absolute Gasteiger partial charge is 0.262 e. The van der Waals surface area contributed by atoms with E-state index in [0.29, 0.717) is 22.7 Å². The summed E-state index contributed by atoms with van der Waals surface area (Å²) < 4.78 is 39.9. The SMILES string of the molecule is CCC(C)c1ccc(OCC(=O)Nc2cccc3c(S(=O)(=O)[O-])cccc23)cc1. The molecule has 0 aliphatic heterocycles. The fourth-order valence-electron chi connectivity index (χ4n) is 3.07. The minimum absolute atomic E-state index is 0.196. The van der Waals surface area contributed by atoms with Gasteiger partial charge in [0.2, 0.25) is 0 Å². The first-order chi connectivity index (χ1) is 13.8. The lowest BCUT2D eigenvalue weighted by atomic mass is 9.99. The number of hydrogen-bond donors (Lipinski definition) is 1. The Bertz CT molecular complexity index is 1120. The summed E-state index contributed by atoms with van der Waals surface area (Å²) in [6, 6.07) is 16.8. The second-order valence-corrected chi connectivity index (χ2v) is 8.17. The van der Waals surface area contributed by atoms with E-state index in [-0.39, 0.29) is 22.8 Å². The van der Waals surface area contributed by atoms with Gasteiger partial charge in [-0.05, 0) is 42.2 Å². The van der Waals surface area contributed by atoms with Crippen LogP contribution < -0.4 is 10.1 Å². The topological polar surface area (TPSA) is 95.5 Å². The summed E-state index contributed by atoms with van der Waals surface area (Å²) in [6.07, 6.45) is 1.04. The molecule has 3 rings (SSSR count). The monoisotopic (exact) mass is 412 g/mol. The van der Waals surface area contributed by atoms with Crippen molar-refractivity contribution >= 4 is 32.5 Å². The summed E-state index contributed by atoms with van der Waals surface area (Å²) in [4.78, 5) is 12.0. The molecule has 0 fully saturated rings. The molecule has 0 heterocycles. The Morgan fingerprint density at radius 3 is 2.34 bits per heavy atom. The second kappa shape index (κ2) is 8.63. The molecule has 0 radical (unpaired) electrons. The Balaban J connectivity index is 1.72. The minimum atomic E-state index is -4.62. The zero-order valence-electron chi connectivity index (χ0n) is 16.2. The van der Waals surface area contributed by atoms with Crippen LogP contribution in [-0.2, 0) is 14.9 Å². The van der Waals surface area contributed by atoms with Gasteiger partial charge in [-0.25, -0.2) is 8.42 Å². The molecule has 0 saturated carbocycles. The molecule has 0 aliphatic rings. The van der Waals surface area contributed by atoms with Crippen molar-refractivity contribution in [1.82, 2.24) is 0 Å². The summed E-state index contributed by atoms with van der Waals surface area (Å²) in [5, 5.41) is 3.45. The van der Waals surface area contributed by atoms with Crippen molar-refractivity contribution in [2.75, 3.05) is 11.9 Å². The molecule has 0 spiro atoms. The van der Waals surface area contributed by atoms with Crippen LogP contribution in [0.25, 0.3) is 10.8 Å². The lowest BCUT2D eigenvalue weighted by Crippen LogP contribution is -2.20. The molecule has 0 aliphatic carbocycles. The maximum Gasteiger partial charge on any atom is 0.262 e. The Labute approximate surface area is 170 Å². The normalized spacial score (nSPS) is 12.5. The molecule has 3 aromatic carbocycles. The molecule has 1 amide bonds. The van der Waals surface area contributed by atoms with Gasteiger partial charge < -0.3 is 14.6 Å². The molecule has 0 bridgehead atoms. The third-order valence-electron chi connectivity index (χ3n) is 4.86. The number of hydrogen-bond acceptors (Lipinski definition) is 5. The number of anilines is 1. The summed E-state index contributed by atoms with van der Waals surface area (Å²) >= 11 is 0. The molecular weight excluding hydrogens is 390 g/mol. The largest absolute Gasteiger partial charge is 0.744 e. The van der Waals surface area contributed by atoms with Crippen LogP contribution in [-0.4, -0.2) is 25.5 Å². The second-order valence-electron chi connectivity index (χ2n) is 6.83. The highest BCUT2D eigenvalue weighted by Gasteiger charge is 2.12. The summed E-state index contributed by atoms with van der Waals surface area (Å²) in [7, 11) is -4.62. The number of nitrogens with one attached hydrogen (secondary N) is 1. The molecule has 0 saturated heterocycles. The molecule has 152 valence electrons. The lowest BCUT2D eigenvalue weighted by Gasteiger charge is -2.14. The third kappa shape index (κ3) is 4.93. The van der Waals surface area contributed by atoms with Crippen molar-refractivity contribution in [3.8, 4) is 5.75 Å². The van der Waals surface area contributed by atoms with Gasteiger partial charge in [0, 0.05) is 16.5 Å². The number of carbonyl (C=O) groups is 1. The van der Waals surface area contributed by atoms with E-state index >= 15 is 0 Å². The van der Waals surface area contributed by atoms with E-state index in [9.17, 15) is 17.8 Å². The average Bonchev–Trinajstić information content (AvgIpc) is 2.71. The van der Waals surface area contributed by atoms with Crippen LogP contribution in [0, 0.1) is 0 Å². The molecular formula is C22H22NO5S-. The average molecular weight is 412 g/mol. The van der Waals surface area contributed by atoms with Crippen LogP contribution in [0.4, 0.5) is 5.69 Å². The number of amides is 1. The minimum Gasteiger partial charge on any atom is -0.744 e. The van der Waals surface area contributed by atoms with Gasteiger partial charge in [0.05, 0.1) is 4.90 Å². The van der Waals surface area contributed by atoms with Gasteiger partial charge in [-0.1, -0.05) is 50.2 Å². The van der Waals surface area contributed by atoms with Crippen LogP contribution in [0.3, 0.4) is 0 Å². The Kier molecular flexibility index (Phi) is 6.20. The predicted molar refractivity (Wildman–Crippen MR) is 111 cm³/mol. The van der Waals surface area contributed by atoms with Gasteiger partial charge in [-0.2, -0.15) is 0 Å². The van der Waals surface area contributed by atoms with Gasteiger partial charge in [-0.3, -0.25) is 4.79 Å². The lowest BCUT2D eigenvalue weighted by molar-refractivity contribution is -0.118. The first kappa shape index (κ1) is 20.8. The van der Waals surface area contributed by atoms with E-state index in [1.807, 2.05) is 24.3 Å². The molecule has 7 heteroatoms. The van der Waals surface area contributed by atoms with Gasteiger partial charge >= 0.3 is 0 Å². The van der Waals surface area contributed by atoms with Crippen LogP contribution in [0.1, 0.15) is 31.7 Å². The first-order valence-electron chi connectivity index (χ1n) is 9.30. The van der Waals surface area contributed by atoms with Crippen LogP contribution in [0.5, 0.6) is 5.75 Å². The molecule has 3 aromatic rings. The highest BCUT2D eigenvalue weighted by molar-refractivity contribution is 7.86. The number of rotatable bonds is 7. The molecule has 1 unspecified atom stereocenters. The number of ether oxygens (including phenoxy) is 1. The highest BCUT2D eigenvalue weighted by atomic mass is 32.2. The van der Waals surface area contributed by atoms with Gasteiger partial charge in [0.25, 0.3) is 5.91 Å². The van der Waals surface area contributed by atoms with Crippen molar-refractivity contribution < 1.29 is 22.5 Å².